The largest absolute Gasteiger partial charge is 0.379 e. The first-order valence-electron chi connectivity index (χ1n) is 7.87. The van der Waals surface area contributed by atoms with Crippen molar-refractivity contribution in [2.24, 2.45) is 5.92 Å². The molecule has 2 heterocycles. The number of ether oxygens (including phenoxy) is 1. The van der Waals surface area contributed by atoms with Crippen LogP contribution in [0.25, 0.3) is 0 Å². The molecule has 2 aliphatic rings. The van der Waals surface area contributed by atoms with E-state index in [-0.39, 0.29) is 5.54 Å². The molecule has 0 radical (unpaired) electrons. The van der Waals surface area contributed by atoms with Crippen LogP contribution in [0.5, 0.6) is 0 Å². The Morgan fingerprint density at radius 1 is 1.05 bits per heavy atom. The molecule has 0 saturated carbocycles. The van der Waals surface area contributed by atoms with Gasteiger partial charge in [-0.05, 0) is 46.1 Å². The Morgan fingerprint density at radius 2 is 1.57 bits per heavy atom. The molecule has 0 amide bonds. The third-order valence-corrected chi connectivity index (χ3v) is 6.15. The quantitative estimate of drug-likeness (QED) is 0.827. The topological polar surface area (TPSA) is 61.9 Å². The molecule has 0 spiro atoms. The van der Waals surface area contributed by atoms with E-state index in [9.17, 15) is 8.42 Å². The van der Waals surface area contributed by atoms with Crippen LogP contribution >= 0.6 is 0 Å². The van der Waals surface area contributed by atoms with E-state index in [1.165, 1.54) is 0 Å². The van der Waals surface area contributed by atoms with E-state index in [0.717, 1.165) is 19.4 Å². The van der Waals surface area contributed by atoms with Crippen molar-refractivity contribution in [2.75, 3.05) is 45.9 Å². The van der Waals surface area contributed by atoms with Crippen molar-refractivity contribution in [1.82, 2.24) is 13.9 Å². The molecular weight excluding hydrogens is 290 g/mol. The predicted molar refractivity (Wildman–Crippen MR) is 83.4 cm³/mol. The van der Waals surface area contributed by atoms with Crippen LogP contribution in [0.2, 0.25) is 0 Å². The van der Waals surface area contributed by atoms with Crippen LogP contribution in [0.15, 0.2) is 0 Å². The third-order valence-electron chi connectivity index (χ3n) is 4.12. The van der Waals surface area contributed by atoms with Crippen LogP contribution in [-0.2, 0) is 14.9 Å². The maximum absolute atomic E-state index is 12.5. The third kappa shape index (κ3) is 4.89. The average Bonchev–Trinajstić information content (AvgIpc) is 2.46. The Morgan fingerprint density at radius 3 is 2.10 bits per heavy atom. The van der Waals surface area contributed by atoms with Gasteiger partial charge in [0.25, 0.3) is 10.2 Å². The van der Waals surface area contributed by atoms with E-state index in [2.05, 4.69) is 26.1 Å². The second-order valence-electron chi connectivity index (χ2n) is 6.99. The molecule has 0 aromatic heterocycles. The van der Waals surface area contributed by atoms with Crippen LogP contribution in [-0.4, -0.2) is 68.5 Å². The molecule has 0 atom stereocenters. The molecule has 0 bridgehead atoms. The second-order valence-corrected chi connectivity index (χ2v) is 8.92. The van der Waals surface area contributed by atoms with Crippen molar-refractivity contribution in [3.8, 4) is 0 Å². The molecule has 0 unspecified atom stereocenters. The first kappa shape index (κ1) is 17.1. The molecular formula is C14H29N3O3S. The van der Waals surface area contributed by atoms with E-state index in [1.807, 2.05) is 0 Å². The lowest BCUT2D eigenvalue weighted by Crippen LogP contribution is -2.51. The van der Waals surface area contributed by atoms with Crippen LogP contribution in [0.1, 0.15) is 33.6 Å². The lowest BCUT2D eigenvalue weighted by atomic mass is 9.97. The van der Waals surface area contributed by atoms with Gasteiger partial charge in [-0.25, -0.2) is 0 Å². The summed E-state index contributed by atoms with van der Waals surface area (Å²) in [5.41, 5.74) is 0.122. The number of nitrogens with zero attached hydrogens (tertiary/aromatic N) is 2. The van der Waals surface area contributed by atoms with Gasteiger partial charge in [-0.3, -0.25) is 0 Å². The molecule has 7 heteroatoms. The van der Waals surface area contributed by atoms with E-state index >= 15 is 0 Å². The van der Waals surface area contributed by atoms with E-state index in [0.29, 0.717) is 45.3 Å². The van der Waals surface area contributed by atoms with Crippen molar-refractivity contribution in [1.29, 1.82) is 0 Å². The summed E-state index contributed by atoms with van der Waals surface area (Å²) in [6.45, 7) is 10.7. The summed E-state index contributed by atoms with van der Waals surface area (Å²) in [7, 11) is -3.29. The molecule has 2 fully saturated rings. The van der Waals surface area contributed by atoms with Gasteiger partial charge < -0.3 is 10.1 Å². The average molecular weight is 319 g/mol. The van der Waals surface area contributed by atoms with E-state index < -0.39 is 10.2 Å². The fourth-order valence-electron chi connectivity index (χ4n) is 2.74. The molecule has 0 aliphatic carbocycles. The Bertz CT molecular complexity index is 419. The zero-order valence-electron chi connectivity index (χ0n) is 13.5. The van der Waals surface area contributed by atoms with Crippen LogP contribution in [0.3, 0.4) is 0 Å². The fraction of sp³-hybridized carbons (Fsp3) is 1.00. The summed E-state index contributed by atoms with van der Waals surface area (Å²) in [5.74, 6) is 0.570. The zero-order chi connectivity index (χ0) is 15.5. The van der Waals surface area contributed by atoms with Crippen LogP contribution in [0.4, 0.5) is 0 Å². The van der Waals surface area contributed by atoms with Crippen molar-refractivity contribution in [3.63, 3.8) is 0 Å². The molecule has 124 valence electrons. The minimum atomic E-state index is -3.29. The molecule has 2 aliphatic heterocycles. The Kier molecular flexibility index (Phi) is 5.65. The summed E-state index contributed by atoms with van der Waals surface area (Å²) >= 11 is 0. The normalized spacial score (nSPS) is 24.3. The summed E-state index contributed by atoms with van der Waals surface area (Å²) in [6, 6.07) is 0. The second kappa shape index (κ2) is 6.91. The van der Waals surface area contributed by atoms with E-state index in [4.69, 9.17) is 4.74 Å². The molecule has 21 heavy (non-hydrogen) atoms. The number of nitrogens with one attached hydrogen (secondary N) is 1. The lowest BCUT2D eigenvalue weighted by molar-refractivity contribution is 0.0692. The van der Waals surface area contributed by atoms with Gasteiger partial charge in [0.1, 0.15) is 0 Å². The Balaban J connectivity index is 1.82. The van der Waals surface area contributed by atoms with Crippen molar-refractivity contribution >= 4 is 10.2 Å². The molecule has 2 saturated heterocycles. The monoisotopic (exact) mass is 319 g/mol. The van der Waals surface area contributed by atoms with Gasteiger partial charge in [-0.15, -0.1) is 0 Å². The molecule has 1 N–H and O–H groups in total. The van der Waals surface area contributed by atoms with Crippen molar-refractivity contribution in [2.45, 2.75) is 39.2 Å². The van der Waals surface area contributed by atoms with Gasteiger partial charge in [0.05, 0.1) is 13.2 Å². The lowest BCUT2D eigenvalue weighted by Gasteiger charge is -2.36. The Hall–Kier alpha value is -0.210. The highest BCUT2D eigenvalue weighted by atomic mass is 32.2. The maximum Gasteiger partial charge on any atom is 0.282 e. The number of piperidine rings is 1. The summed E-state index contributed by atoms with van der Waals surface area (Å²) in [5, 5.41) is 3.51. The van der Waals surface area contributed by atoms with Gasteiger partial charge in [0.15, 0.2) is 0 Å². The molecule has 0 aromatic carbocycles. The fourth-order valence-corrected chi connectivity index (χ4v) is 4.34. The highest BCUT2D eigenvalue weighted by molar-refractivity contribution is 7.86. The van der Waals surface area contributed by atoms with Crippen LogP contribution in [0, 0.1) is 5.92 Å². The van der Waals surface area contributed by atoms with Gasteiger partial charge >= 0.3 is 0 Å². The summed E-state index contributed by atoms with van der Waals surface area (Å²) in [4.78, 5) is 0. The molecule has 2 rings (SSSR count). The summed E-state index contributed by atoms with van der Waals surface area (Å²) in [6.07, 6.45) is 1.87. The highest BCUT2D eigenvalue weighted by Crippen LogP contribution is 2.22. The predicted octanol–water partition coefficient (Wildman–Crippen LogP) is 0.664. The van der Waals surface area contributed by atoms with Gasteiger partial charge in [-0.1, -0.05) is 0 Å². The maximum atomic E-state index is 12.5. The summed E-state index contributed by atoms with van der Waals surface area (Å²) < 4.78 is 33.5. The number of hydrogen-bond donors (Lipinski definition) is 1. The highest BCUT2D eigenvalue weighted by Gasteiger charge is 2.33. The van der Waals surface area contributed by atoms with Crippen molar-refractivity contribution < 1.29 is 13.2 Å². The number of morpholine rings is 1. The first-order valence-corrected chi connectivity index (χ1v) is 9.27. The van der Waals surface area contributed by atoms with Gasteiger partial charge in [-0.2, -0.15) is 17.0 Å². The van der Waals surface area contributed by atoms with Gasteiger partial charge in [0.2, 0.25) is 0 Å². The number of hydrogen-bond acceptors (Lipinski definition) is 4. The molecule has 0 aromatic rings. The van der Waals surface area contributed by atoms with E-state index in [1.54, 1.807) is 8.61 Å². The minimum Gasteiger partial charge on any atom is -0.379 e. The number of rotatable bonds is 4. The smallest absolute Gasteiger partial charge is 0.282 e. The minimum absolute atomic E-state index is 0.122. The standard InChI is InChI=1S/C14H29N3O3S/c1-14(2,3)15-12-13-4-6-16(7-5-13)21(18,19)17-8-10-20-11-9-17/h13,15H,4-12H2,1-3H3. The zero-order valence-corrected chi connectivity index (χ0v) is 14.3. The Labute approximate surface area is 129 Å². The van der Waals surface area contributed by atoms with Crippen LogP contribution < -0.4 is 5.32 Å². The first-order chi connectivity index (χ1) is 9.79. The SMILES string of the molecule is CC(C)(C)NCC1CCN(S(=O)(=O)N2CCOCC2)CC1. The van der Waals surface area contributed by atoms with Crippen molar-refractivity contribution in [3.05, 3.63) is 0 Å². The van der Waals surface area contributed by atoms with Gasteiger partial charge in [0, 0.05) is 31.7 Å². The molecule has 6 nitrogen and oxygen atoms in total.